The number of benzene rings is 1. The van der Waals surface area contributed by atoms with Gasteiger partial charge >= 0.3 is 0 Å². The largest absolute Gasteiger partial charge is 0.370 e. The van der Waals surface area contributed by atoms with Crippen LogP contribution in [0.4, 0.5) is 5.69 Å². The standard InChI is InChI=1S/C23H29N5O4S/c1-3-28(4-2)33(31,32)21-10-11-22(29)27(17-21)18-23(30)26-13-5-12-25(14-15-26)20-8-6-19(16-24)7-9-20/h6-11,17H,3-5,12-15,18H2,1-2H3. The Kier molecular flexibility index (Phi) is 7.89. The van der Waals surface area contributed by atoms with Gasteiger partial charge in [0, 0.05) is 57.2 Å². The van der Waals surface area contributed by atoms with Crippen LogP contribution in [-0.4, -0.2) is 67.4 Å². The maximum absolute atomic E-state index is 13.0. The summed E-state index contributed by atoms with van der Waals surface area (Å²) in [5.74, 6) is -0.226. The zero-order valence-corrected chi connectivity index (χ0v) is 19.8. The van der Waals surface area contributed by atoms with E-state index in [1.807, 2.05) is 12.1 Å². The molecule has 1 aliphatic rings. The third-order valence-corrected chi connectivity index (χ3v) is 7.85. The van der Waals surface area contributed by atoms with Gasteiger partial charge in [-0.05, 0) is 36.8 Å². The maximum atomic E-state index is 13.0. The Morgan fingerprint density at radius 2 is 1.73 bits per heavy atom. The summed E-state index contributed by atoms with van der Waals surface area (Å²) in [7, 11) is -3.73. The van der Waals surface area contributed by atoms with Crippen molar-refractivity contribution in [3.8, 4) is 6.07 Å². The average Bonchev–Trinajstić information content (AvgIpc) is 3.07. The van der Waals surface area contributed by atoms with Gasteiger partial charge in [-0.15, -0.1) is 0 Å². The molecule has 0 spiro atoms. The summed E-state index contributed by atoms with van der Waals surface area (Å²) in [6.07, 6.45) is 2.02. The predicted octanol–water partition coefficient (Wildman–Crippen LogP) is 1.49. The van der Waals surface area contributed by atoms with E-state index in [1.54, 1.807) is 30.9 Å². The lowest BCUT2D eigenvalue weighted by Gasteiger charge is -2.24. The van der Waals surface area contributed by atoms with Crippen LogP contribution in [0.3, 0.4) is 0 Å². The highest BCUT2D eigenvalue weighted by Gasteiger charge is 2.24. The molecule has 0 unspecified atom stereocenters. The molecule has 0 atom stereocenters. The molecule has 0 saturated carbocycles. The van der Waals surface area contributed by atoms with Crippen LogP contribution in [0.2, 0.25) is 0 Å². The number of hydrogen-bond acceptors (Lipinski definition) is 6. The number of rotatable bonds is 7. The van der Waals surface area contributed by atoms with Crippen molar-refractivity contribution in [2.24, 2.45) is 0 Å². The third kappa shape index (κ3) is 5.61. The van der Waals surface area contributed by atoms with Crippen LogP contribution in [-0.2, 0) is 21.4 Å². The maximum Gasteiger partial charge on any atom is 0.251 e. The first-order chi connectivity index (χ1) is 15.8. The monoisotopic (exact) mass is 471 g/mol. The number of anilines is 1. The highest BCUT2D eigenvalue weighted by Crippen LogP contribution is 2.18. The predicted molar refractivity (Wildman–Crippen MR) is 125 cm³/mol. The van der Waals surface area contributed by atoms with E-state index in [-0.39, 0.29) is 17.3 Å². The lowest BCUT2D eigenvalue weighted by Crippen LogP contribution is -2.39. The molecule has 10 heteroatoms. The van der Waals surface area contributed by atoms with Crippen molar-refractivity contribution >= 4 is 21.6 Å². The number of pyridine rings is 1. The van der Waals surface area contributed by atoms with Crippen LogP contribution in [0.1, 0.15) is 25.8 Å². The van der Waals surface area contributed by atoms with Crippen molar-refractivity contribution in [1.29, 1.82) is 5.26 Å². The first-order valence-electron chi connectivity index (χ1n) is 11.0. The second-order valence-corrected chi connectivity index (χ2v) is 9.74. The minimum Gasteiger partial charge on any atom is -0.370 e. The fourth-order valence-electron chi connectivity index (χ4n) is 3.92. The van der Waals surface area contributed by atoms with Gasteiger partial charge in [-0.2, -0.15) is 9.57 Å². The molecule has 2 aromatic rings. The second kappa shape index (κ2) is 10.6. The molecule has 0 bridgehead atoms. The molecule has 2 heterocycles. The van der Waals surface area contributed by atoms with Crippen LogP contribution >= 0.6 is 0 Å². The number of aromatic nitrogens is 1. The van der Waals surface area contributed by atoms with E-state index in [4.69, 9.17) is 5.26 Å². The van der Waals surface area contributed by atoms with E-state index < -0.39 is 15.6 Å². The zero-order chi connectivity index (χ0) is 24.0. The first-order valence-corrected chi connectivity index (χ1v) is 12.5. The van der Waals surface area contributed by atoms with Crippen molar-refractivity contribution in [2.75, 3.05) is 44.2 Å². The van der Waals surface area contributed by atoms with Gasteiger partial charge in [0.1, 0.15) is 6.54 Å². The van der Waals surface area contributed by atoms with Gasteiger partial charge in [0.05, 0.1) is 16.5 Å². The Morgan fingerprint density at radius 1 is 1.03 bits per heavy atom. The van der Waals surface area contributed by atoms with Crippen LogP contribution in [0, 0.1) is 11.3 Å². The van der Waals surface area contributed by atoms with Gasteiger partial charge in [0.15, 0.2) is 0 Å². The summed E-state index contributed by atoms with van der Waals surface area (Å²) in [4.78, 5) is 29.2. The second-order valence-electron chi connectivity index (χ2n) is 7.80. The van der Waals surface area contributed by atoms with Crippen LogP contribution in [0.15, 0.2) is 52.3 Å². The summed E-state index contributed by atoms with van der Waals surface area (Å²) in [5.41, 5.74) is 1.17. The summed E-state index contributed by atoms with van der Waals surface area (Å²) >= 11 is 0. The molecular formula is C23H29N5O4S. The fourth-order valence-corrected chi connectivity index (χ4v) is 5.39. The SMILES string of the molecule is CCN(CC)S(=O)(=O)c1ccc(=O)n(CC(=O)N2CCCN(c3ccc(C#N)cc3)CC2)c1. The number of nitrogens with zero attached hydrogens (tertiary/aromatic N) is 5. The molecule has 1 aliphatic heterocycles. The van der Waals surface area contributed by atoms with Gasteiger partial charge in [-0.1, -0.05) is 13.8 Å². The van der Waals surface area contributed by atoms with Crippen molar-refractivity contribution in [1.82, 2.24) is 13.8 Å². The van der Waals surface area contributed by atoms with E-state index in [9.17, 15) is 18.0 Å². The normalized spacial score (nSPS) is 14.7. The van der Waals surface area contributed by atoms with E-state index in [1.165, 1.54) is 27.2 Å². The molecule has 3 rings (SSSR count). The van der Waals surface area contributed by atoms with E-state index >= 15 is 0 Å². The van der Waals surface area contributed by atoms with Gasteiger partial charge in [-0.3, -0.25) is 9.59 Å². The van der Waals surface area contributed by atoms with Gasteiger partial charge in [0.25, 0.3) is 5.56 Å². The summed E-state index contributed by atoms with van der Waals surface area (Å²) in [5, 5.41) is 8.97. The molecule has 1 amide bonds. The molecule has 176 valence electrons. The molecule has 33 heavy (non-hydrogen) atoms. The number of carbonyl (C=O) groups excluding carboxylic acids is 1. The van der Waals surface area contributed by atoms with Crippen molar-refractivity contribution in [3.63, 3.8) is 0 Å². The first kappa shape index (κ1) is 24.5. The molecule has 0 N–H and O–H groups in total. The minimum absolute atomic E-state index is 0.00135. The van der Waals surface area contributed by atoms with Crippen molar-refractivity contribution in [2.45, 2.75) is 31.7 Å². The van der Waals surface area contributed by atoms with Gasteiger partial charge in [0.2, 0.25) is 15.9 Å². The van der Waals surface area contributed by atoms with Crippen molar-refractivity contribution in [3.05, 3.63) is 58.5 Å². The molecule has 1 aromatic carbocycles. The summed E-state index contributed by atoms with van der Waals surface area (Å²) < 4.78 is 28.1. The average molecular weight is 472 g/mol. The van der Waals surface area contributed by atoms with Crippen LogP contribution < -0.4 is 10.5 Å². The highest BCUT2D eigenvalue weighted by atomic mass is 32.2. The molecule has 1 saturated heterocycles. The van der Waals surface area contributed by atoms with E-state index in [0.29, 0.717) is 38.3 Å². The highest BCUT2D eigenvalue weighted by molar-refractivity contribution is 7.89. The zero-order valence-electron chi connectivity index (χ0n) is 19.0. The Balaban J connectivity index is 1.71. The Bertz CT molecular complexity index is 1180. The lowest BCUT2D eigenvalue weighted by molar-refractivity contribution is -0.131. The van der Waals surface area contributed by atoms with Gasteiger partial charge in [-0.25, -0.2) is 8.42 Å². The summed E-state index contributed by atoms with van der Waals surface area (Å²) in [6.45, 7) is 6.37. The number of hydrogen-bond donors (Lipinski definition) is 0. The molecule has 0 aliphatic carbocycles. The number of amides is 1. The third-order valence-electron chi connectivity index (χ3n) is 5.82. The lowest BCUT2D eigenvalue weighted by atomic mass is 10.2. The smallest absolute Gasteiger partial charge is 0.251 e. The number of sulfonamides is 1. The Labute approximate surface area is 194 Å². The van der Waals surface area contributed by atoms with E-state index in [0.717, 1.165) is 18.7 Å². The Hall–Kier alpha value is -3.16. The summed E-state index contributed by atoms with van der Waals surface area (Å²) in [6, 6.07) is 11.9. The van der Waals surface area contributed by atoms with Gasteiger partial charge < -0.3 is 14.4 Å². The van der Waals surface area contributed by atoms with Crippen LogP contribution in [0.25, 0.3) is 0 Å². The number of carbonyl (C=O) groups is 1. The molecule has 9 nitrogen and oxygen atoms in total. The minimum atomic E-state index is -3.73. The molecular weight excluding hydrogens is 442 g/mol. The fraction of sp³-hybridized carbons (Fsp3) is 0.435. The van der Waals surface area contributed by atoms with Crippen molar-refractivity contribution < 1.29 is 13.2 Å². The molecule has 1 aromatic heterocycles. The topological polar surface area (TPSA) is 107 Å². The van der Waals surface area contributed by atoms with Crippen LogP contribution in [0.5, 0.6) is 0 Å². The number of nitriles is 1. The van der Waals surface area contributed by atoms with E-state index in [2.05, 4.69) is 11.0 Å². The molecule has 0 radical (unpaired) electrons. The quantitative estimate of drug-likeness (QED) is 0.606. The Morgan fingerprint density at radius 3 is 2.36 bits per heavy atom. The molecule has 1 fully saturated rings.